The van der Waals surface area contributed by atoms with Gasteiger partial charge in [0, 0.05) is 18.0 Å². The van der Waals surface area contributed by atoms with Crippen molar-refractivity contribution in [3.8, 4) is 0 Å². The second kappa shape index (κ2) is 5.37. The summed E-state index contributed by atoms with van der Waals surface area (Å²) in [7, 11) is 1.52. The van der Waals surface area contributed by atoms with Crippen molar-refractivity contribution < 1.29 is 13.9 Å². The molecule has 15 heavy (non-hydrogen) atoms. The van der Waals surface area contributed by atoms with Crippen LogP contribution in [0.1, 0.15) is 23.7 Å². The van der Waals surface area contributed by atoms with E-state index in [2.05, 4.69) is 15.9 Å². The summed E-state index contributed by atoms with van der Waals surface area (Å²) in [6, 6.07) is 4.32. The monoisotopic (exact) mass is 274 g/mol. The highest BCUT2D eigenvalue weighted by Gasteiger charge is 2.14. The van der Waals surface area contributed by atoms with E-state index in [1.54, 1.807) is 13.0 Å². The van der Waals surface area contributed by atoms with Crippen LogP contribution in [-0.2, 0) is 4.74 Å². The molecule has 1 aromatic carbocycles. The lowest BCUT2D eigenvalue weighted by Crippen LogP contribution is -2.13. The molecule has 82 valence electrons. The molecule has 0 aliphatic heterocycles. The van der Waals surface area contributed by atoms with Crippen molar-refractivity contribution in [1.29, 1.82) is 0 Å². The number of halogens is 2. The van der Waals surface area contributed by atoms with Gasteiger partial charge in [-0.05, 0) is 25.1 Å². The minimum absolute atomic E-state index is 0.105. The summed E-state index contributed by atoms with van der Waals surface area (Å²) in [5, 5.41) is 0. The Morgan fingerprint density at radius 2 is 2.27 bits per heavy atom. The molecule has 0 bridgehead atoms. The Balaban J connectivity index is 2.86. The standard InChI is InChI=1S/C11H12BrFO2/c1-7(15-2)5-11(14)9-6-8(12)3-4-10(9)13/h3-4,6-7H,5H2,1-2H3. The maximum Gasteiger partial charge on any atom is 0.168 e. The van der Waals surface area contributed by atoms with E-state index in [4.69, 9.17) is 4.74 Å². The van der Waals surface area contributed by atoms with E-state index in [0.717, 1.165) is 0 Å². The SMILES string of the molecule is COC(C)CC(=O)c1cc(Br)ccc1F. The van der Waals surface area contributed by atoms with E-state index in [9.17, 15) is 9.18 Å². The third kappa shape index (κ3) is 3.39. The summed E-state index contributed by atoms with van der Waals surface area (Å²) in [6.07, 6.45) is -0.0139. The molecule has 0 heterocycles. The zero-order valence-electron chi connectivity index (χ0n) is 8.59. The van der Waals surface area contributed by atoms with E-state index in [-0.39, 0.29) is 23.9 Å². The van der Waals surface area contributed by atoms with Gasteiger partial charge in [0.1, 0.15) is 5.82 Å². The topological polar surface area (TPSA) is 26.3 Å². The molecule has 0 aromatic heterocycles. The molecule has 0 spiro atoms. The molecule has 1 aromatic rings. The second-order valence-electron chi connectivity index (χ2n) is 3.30. The molecular formula is C11H12BrFO2. The van der Waals surface area contributed by atoms with Gasteiger partial charge >= 0.3 is 0 Å². The van der Waals surface area contributed by atoms with Crippen LogP contribution in [0.2, 0.25) is 0 Å². The number of ketones is 1. The van der Waals surface area contributed by atoms with Crippen LogP contribution in [0.4, 0.5) is 4.39 Å². The molecule has 0 fully saturated rings. The lowest BCUT2D eigenvalue weighted by molar-refractivity contribution is 0.0788. The minimum atomic E-state index is -0.494. The largest absolute Gasteiger partial charge is 0.381 e. The third-order valence-electron chi connectivity index (χ3n) is 2.10. The molecule has 1 unspecified atom stereocenters. The van der Waals surface area contributed by atoms with Crippen molar-refractivity contribution in [3.05, 3.63) is 34.1 Å². The first-order chi connectivity index (χ1) is 7.04. The van der Waals surface area contributed by atoms with Crippen molar-refractivity contribution in [2.75, 3.05) is 7.11 Å². The molecule has 0 amide bonds. The minimum Gasteiger partial charge on any atom is -0.381 e. The van der Waals surface area contributed by atoms with Crippen LogP contribution in [0.5, 0.6) is 0 Å². The van der Waals surface area contributed by atoms with Gasteiger partial charge in [-0.1, -0.05) is 15.9 Å². The quantitative estimate of drug-likeness (QED) is 0.789. The highest BCUT2D eigenvalue weighted by Crippen LogP contribution is 2.17. The van der Waals surface area contributed by atoms with Gasteiger partial charge in [-0.25, -0.2) is 4.39 Å². The van der Waals surface area contributed by atoms with Crippen LogP contribution < -0.4 is 0 Å². The van der Waals surface area contributed by atoms with Gasteiger partial charge in [0.2, 0.25) is 0 Å². The van der Waals surface area contributed by atoms with E-state index in [1.807, 2.05) is 0 Å². The van der Waals surface area contributed by atoms with Crippen LogP contribution in [0.15, 0.2) is 22.7 Å². The number of carbonyl (C=O) groups is 1. The molecule has 0 aliphatic carbocycles. The van der Waals surface area contributed by atoms with Crippen LogP contribution >= 0.6 is 15.9 Å². The predicted octanol–water partition coefficient (Wildman–Crippen LogP) is 3.20. The number of benzene rings is 1. The van der Waals surface area contributed by atoms with E-state index >= 15 is 0 Å². The number of hydrogen-bond acceptors (Lipinski definition) is 2. The summed E-state index contributed by atoms with van der Waals surface area (Å²) in [6.45, 7) is 1.77. The van der Waals surface area contributed by atoms with E-state index in [1.165, 1.54) is 19.2 Å². The molecular weight excluding hydrogens is 263 g/mol. The summed E-state index contributed by atoms with van der Waals surface area (Å²) >= 11 is 3.20. The van der Waals surface area contributed by atoms with Gasteiger partial charge in [-0.15, -0.1) is 0 Å². The van der Waals surface area contributed by atoms with Crippen LogP contribution in [0, 0.1) is 5.82 Å². The first-order valence-corrected chi connectivity index (χ1v) is 5.35. The smallest absolute Gasteiger partial charge is 0.168 e. The number of ether oxygens (including phenoxy) is 1. The van der Waals surface area contributed by atoms with Crippen molar-refractivity contribution in [2.45, 2.75) is 19.4 Å². The number of Topliss-reactive ketones (excluding diaryl/α,β-unsaturated/α-hetero) is 1. The van der Waals surface area contributed by atoms with Gasteiger partial charge in [0.05, 0.1) is 11.7 Å². The molecule has 0 N–H and O–H groups in total. The fraction of sp³-hybridized carbons (Fsp3) is 0.364. The molecule has 0 saturated carbocycles. The Bertz CT molecular complexity index is 366. The number of hydrogen-bond donors (Lipinski definition) is 0. The zero-order chi connectivity index (χ0) is 11.4. The summed E-state index contributed by atoms with van der Waals surface area (Å²) in [5.74, 6) is -0.741. The molecule has 0 saturated heterocycles. The van der Waals surface area contributed by atoms with Crippen LogP contribution in [0.3, 0.4) is 0 Å². The Morgan fingerprint density at radius 1 is 1.60 bits per heavy atom. The Morgan fingerprint density at radius 3 is 2.87 bits per heavy atom. The first-order valence-electron chi connectivity index (χ1n) is 4.55. The van der Waals surface area contributed by atoms with Crippen molar-refractivity contribution >= 4 is 21.7 Å². The van der Waals surface area contributed by atoms with E-state index < -0.39 is 5.82 Å². The summed E-state index contributed by atoms with van der Waals surface area (Å²) in [5.41, 5.74) is 0.105. The van der Waals surface area contributed by atoms with Crippen molar-refractivity contribution in [2.24, 2.45) is 0 Å². The number of carbonyl (C=O) groups excluding carboxylic acids is 1. The highest BCUT2D eigenvalue weighted by atomic mass is 79.9. The normalized spacial score (nSPS) is 12.5. The van der Waals surface area contributed by atoms with Crippen LogP contribution in [0.25, 0.3) is 0 Å². The first kappa shape index (κ1) is 12.3. The average Bonchev–Trinajstić information content (AvgIpc) is 2.21. The Kier molecular flexibility index (Phi) is 4.42. The zero-order valence-corrected chi connectivity index (χ0v) is 10.2. The van der Waals surface area contributed by atoms with Crippen molar-refractivity contribution in [3.63, 3.8) is 0 Å². The molecule has 0 aliphatic rings. The van der Waals surface area contributed by atoms with E-state index in [0.29, 0.717) is 4.47 Å². The summed E-state index contributed by atoms with van der Waals surface area (Å²) < 4.78 is 18.9. The number of methoxy groups -OCH3 is 1. The van der Waals surface area contributed by atoms with Gasteiger partial charge in [-0.3, -0.25) is 4.79 Å². The lowest BCUT2D eigenvalue weighted by atomic mass is 10.1. The lowest BCUT2D eigenvalue weighted by Gasteiger charge is -2.08. The van der Waals surface area contributed by atoms with Gasteiger partial charge in [0.15, 0.2) is 5.78 Å². The average molecular weight is 275 g/mol. The van der Waals surface area contributed by atoms with Gasteiger partial charge in [0.25, 0.3) is 0 Å². The molecule has 0 radical (unpaired) electrons. The maximum atomic E-state index is 13.3. The summed E-state index contributed by atoms with van der Waals surface area (Å²) in [4.78, 5) is 11.6. The van der Waals surface area contributed by atoms with Crippen LogP contribution in [-0.4, -0.2) is 19.0 Å². The molecule has 4 heteroatoms. The Hall–Kier alpha value is -0.740. The Labute approximate surface area is 96.6 Å². The second-order valence-corrected chi connectivity index (χ2v) is 4.21. The fourth-order valence-electron chi connectivity index (χ4n) is 1.17. The highest BCUT2D eigenvalue weighted by molar-refractivity contribution is 9.10. The van der Waals surface area contributed by atoms with Crippen molar-refractivity contribution in [1.82, 2.24) is 0 Å². The molecule has 2 nitrogen and oxygen atoms in total. The third-order valence-corrected chi connectivity index (χ3v) is 2.60. The van der Waals surface area contributed by atoms with Gasteiger partial charge < -0.3 is 4.74 Å². The predicted molar refractivity (Wildman–Crippen MR) is 59.5 cm³/mol. The van der Waals surface area contributed by atoms with Gasteiger partial charge in [-0.2, -0.15) is 0 Å². The fourth-order valence-corrected chi connectivity index (χ4v) is 1.53. The molecule has 1 rings (SSSR count). The maximum absolute atomic E-state index is 13.3. The molecule has 1 atom stereocenters. The number of rotatable bonds is 4.